The van der Waals surface area contributed by atoms with Crippen LogP contribution in [0.3, 0.4) is 0 Å². The van der Waals surface area contributed by atoms with Crippen molar-refractivity contribution in [3.63, 3.8) is 0 Å². The van der Waals surface area contributed by atoms with E-state index in [-0.39, 0.29) is 0 Å². The second-order valence-corrected chi connectivity index (χ2v) is 5.48. The maximum absolute atomic E-state index is 9.52. The molecule has 2 aliphatic heterocycles. The van der Waals surface area contributed by atoms with E-state index in [4.69, 9.17) is 20.3 Å². The molecule has 1 N–H and O–H groups in total. The van der Waals surface area contributed by atoms with Gasteiger partial charge in [-0.25, -0.2) is 0 Å². The third-order valence-electron chi connectivity index (χ3n) is 3.45. The molecule has 2 fully saturated rings. The van der Waals surface area contributed by atoms with Crippen LogP contribution in [-0.2, 0) is 25.6 Å². The highest BCUT2D eigenvalue weighted by atomic mass is 16.8. The van der Waals surface area contributed by atoms with Crippen molar-refractivity contribution in [3.8, 4) is 0 Å². The molecule has 2 aliphatic rings. The monoisotopic (exact) mass is 281 g/mol. The van der Waals surface area contributed by atoms with Crippen LogP contribution in [0.25, 0.3) is 0 Å². The Morgan fingerprint density at radius 1 is 1.25 bits per heavy atom. The fourth-order valence-corrected chi connectivity index (χ4v) is 2.60. The number of hydrogen-bond acceptors (Lipinski definition) is 5. The Hall–Kier alpha value is -0.980. The van der Waals surface area contributed by atoms with Crippen molar-refractivity contribution in [1.29, 1.82) is 0 Å². The molecular formula is C15H20O5. The predicted molar refractivity (Wildman–Crippen MR) is 70.8 cm³/mol. The molecule has 5 nitrogen and oxygen atoms in total. The van der Waals surface area contributed by atoms with Crippen LogP contribution >= 0.6 is 0 Å². The van der Waals surface area contributed by atoms with E-state index in [1.807, 2.05) is 30.3 Å². The first kappa shape index (κ1) is 12.7. The van der Waals surface area contributed by atoms with Crippen molar-refractivity contribution < 1.29 is 25.4 Å². The highest BCUT2D eigenvalue weighted by molar-refractivity contribution is 5.13. The quantitative estimate of drug-likeness (QED) is 0.905. The molecule has 0 radical (unpaired) electrons. The van der Waals surface area contributed by atoms with Gasteiger partial charge in [0.2, 0.25) is 0 Å². The molecule has 5 heteroatoms. The summed E-state index contributed by atoms with van der Waals surface area (Å²) in [6.45, 7) is 2.58. The minimum atomic E-state index is -1.39. The van der Waals surface area contributed by atoms with Crippen molar-refractivity contribution in [2.45, 2.75) is 50.8 Å². The van der Waals surface area contributed by atoms with Gasteiger partial charge in [0.15, 0.2) is 12.1 Å². The summed E-state index contributed by atoms with van der Waals surface area (Å²) in [5.41, 5.74) is 1.02. The van der Waals surface area contributed by atoms with E-state index in [0.29, 0.717) is 6.61 Å². The second kappa shape index (κ2) is 5.42. The van der Waals surface area contributed by atoms with Crippen LogP contribution in [0.1, 0.15) is 20.8 Å². The molecule has 0 bridgehead atoms. The molecular weight excluding hydrogens is 260 g/mol. The molecule has 3 rings (SSSR count). The van der Waals surface area contributed by atoms with E-state index in [2.05, 4.69) is 0 Å². The summed E-state index contributed by atoms with van der Waals surface area (Å²) in [6, 6.07) is 9.73. The van der Waals surface area contributed by atoms with Gasteiger partial charge < -0.3 is 24.1 Å². The van der Waals surface area contributed by atoms with E-state index >= 15 is 0 Å². The molecule has 0 spiro atoms. The van der Waals surface area contributed by atoms with Crippen LogP contribution in [0.15, 0.2) is 30.3 Å². The summed E-state index contributed by atoms with van der Waals surface area (Å²) in [7, 11) is 0. The lowest BCUT2D eigenvalue weighted by atomic mass is 10.1. The lowest BCUT2D eigenvalue weighted by Crippen LogP contribution is -2.32. The maximum Gasteiger partial charge on any atom is 0.187 e. The number of fused-ring (bicyclic) bond motifs is 1. The molecule has 20 heavy (non-hydrogen) atoms. The van der Waals surface area contributed by atoms with Gasteiger partial charge in [0.1, 0.15) is 18.3 Å². The first-order valence-electron chi connectivity index (χ1n) is 7.31. The summed E-state index contributed by atoms with van der Waals surface area (Å²) in [4.78, 5) is 0. The summed E-state index contributed by atoms with van der Waals surface area (Å²) in [5.74, 6) is -0.763. The number of ether oxygens (including phenoxy) is 4. The maximum atomic E-state index is 9.52. The van der Waals surface area contributed by atoms with Crippen LogP contribution < -0.4 is 0 Å². The van der Waals surface area contributed by atoms with Crippen molar-refractivity contribution >= 4 is 0 Å². The van der Waals surface area contributed by atoms with E-state index < -0.39 is 37.0 Å². The van der Waals surface area contributed by atoms with Crippen LogP contribution in [0.4, 0.5) is 0 Å². The smallest absolute Gasteiger partial charge is 0.187 e. The van der Waals surface area contributed by atoms with Gasteiger partial charge in [-0.3, -0.25) is 0 Å². The highest BCUT2D eigenvalue weighted by Gasteiger charge is 2.55. The van der Waals surface area contributed by atoms with Gasteiger partial charge in [0.25, 0.3) is 0 Å². The molecule has 2 saturated heterocycles. The topological polar surface area (TPSA) is 57.2 Å². The van der Waals surface area contributed by atoms with Gasteiger partial charge in [-0.15, -0.1) is 0 Å². The van der Waals surface area contributed by atoms with E-state index in [1.54, 1.807) is 13.8 Å². The highest BCUT2D eigenvalue weighted by Crippen LogP contribution is 2.39. The van der Waals surface area contributed by atoms with Crippen LogP contribution in [0.5, 0.6) is 0 Å². The van der Waals surface area contributed by atoms with Gasteiger partial charge in [0, 0.05) is 0 Å². The first-order valence-corrected chi connectivity index (χ1v) is 6.73. The molecule has 1 aromatic carbocycles. The third kappa shape index (κ3) is 2.73. The zero-order chi connectivity index (χ0) is 15.0. The van der Waals surface area contributed by atoms with Crippen LogP contribution in [0.2, 0.25) is 0 Å². The molecule has 0 amide bonds. The Morgan fingerprint density at radius 2 is 1.95 bits per heavy atom. The lowest BCUT2D eigenvalue weighted by molar-refractivity contribution is -0.239. The van der Waals surface area contributed by atoms with Gasteiger partial charge >= 0.3 is 0 Å². The van der Waals surface area contributed by atoms with E-state index in [1.165, 1.54) is 0 Å². The minimum Gasteiger partial charge on any atom is -0.394 e. The fourth-order valence-electron chi connectivity index (χ4n) is 2.60. The number of benzene rings is 1. The SMILES string of the molecule is [2H]C(O)[C@H]1O[C@H](OCc2ccccc2)[C@H]2OC(C)(C)O[C@H]21. The lowest BCUT2D eigenvalue weighted by Gasteiger charge is -2.23. The minimum absolute atomic E-state index is 0.374. The number of aliphatic hydroxyl groups excluding tert-OH is 1. The molecule has 1 unspecified atom stereocenters. The molecule has 1 aromatic rings. The normalized spacial score (nSPS) is 37.5. The van der Waals surface area contributed by atoms with Gasteiger partial charge in [-0.2, -0.15) is 0 Å². The van der Waals surface area contributed by atoms with Crippen molar-refractivity contribution in [2.24, 2.45) is 0 Å². The predicted octanol–water partition coefficient (Wildman–Crippen LogP) is 1.44. The Balaban J connectivity index is 1.68. The first-order chi connectivity index (χ1) is 9.96. The number of hydrogen-bond donors (Lipinski definition) is 1. The van der Waals surface area contributed by atoms with Crippen molar-refractivity contribution in [1.82, 2.24) is 0 Å². The molecule has 0 aliphatic carbocycles. The summed E-state index contributed by atoms with van der Waals surface area (Å²) < 4.78 is 30.3. The zero-order valence-corrected chi connectivity index (χ0v) is 11.6. The molecule has 110 valence electrons. The average molecular weight is 281 g/mol. The molecule has 0 saturated carbocycles. The van der Waals surface area contributed by atoms with Gasteiger partial charge in [-0.1, -0.05) is 30.3 Å². The van der Waals surface area contributed by atoms with Crippen molar-refractivity contribution in [2.75, 3.05) is 6.58 Å². The fraction of sp³-hybridized carbons (Fsp3) is 0.600. The second-order valence-electron chi connectivity index (χ2n) is 5.48. The van der Waals surface area contributed by atoms with Gasteiger partial charge in [-0.05, 0) is 19.4 Å². The Kier molecular flexibility index (Phi) is 3.45. The van der Waals surface area contributed by atoms with E-state index in [9.17, 15) is 5.11 Å². The summed E-state index contributed by atoms with van der Waals surface area (Å²) in [5, 5.41) is 9.52. The average Bonchev–Trinajstić information content (AvgIpc) is 2.91. The van der Waals surface area contributed by atoms with Crippen LogP contribution in [0, 0.1) is 0 Å². The van der Waals surface area contributed by atoms with Crippen molar-refractivity contribution in [3.05, 3.63) is 35.9 Å². The Labute approximate surface area is 119 Å². The Bertz CT molecular complexity index is 478. The molecule has 5 atom stereocenters. The van der Waals surface area contributed by atoms with Crippen LogP contribution in [-0.4, -0.2) is 42.1 Å². The van der Waals surface area contributed by atoms with Gasteiger partial charge in [0.05, 0.1) is 14.6 Å². The summed E-state index contributed by atoms with van der Waals surface area (Å²) >= 11 is 0. The number of aliphatic hydroxyl groups is 1. The third-order valence-corrected chi connectivity index (χ3v) is 3.45. The molecule has 2 heterocycles. The number of rotatable bonds is 4. The molecule has 0 aromatic heterocycles. The zero-order valence-electron chi connectivity index (χ0n) is 12.6. The Morgan fingerprint density at radius 3 is 2.65 bits per heavy atom. The van der Waals surface area contributed by atoms with E-state index in [0.717, 1.165) is 5.56 Å². The largest absolute Gasteiger partial charge is 0.394 e. The summed E-state index contributed by atoms with van der Waals surface area (Å²) in [6.07, 6.45) is -2.35. The standard InChI is InChI=1S/C15H20O5/c1-15(2)19-12-11(8-16)18-14(13(12)20-15)17-9-10-6-4-3-5-7-10/h3-7,11-14,16H,8-9H2,1-2H3/t11-,12+,13+,14+/m1/s1/i8D/t8?,11-,12+,13+,14+.